The molecule has 37 heavy (non-hydrogen) atoms. The van der Waals surface area contributed by atoms with Crippen molar-refractivity contribution in [3.05, 3.63) is 121 Å². The summed E-state index contributed by atoms with van der Waals surface area (Å²) < 4.78 is 12.8. The second kappa shape index (κ2) is 10.3. The van der Waals surface area contributed by atoms with E-state index in [4.69, 9.17) is 9.47 Å². The normalized spacial score (nSPS) is 15.1. The number of hydrogen-bond donors (Lipinski definition) is 1. The number of anilines is 1. The number of rotatable bonds is 6. The van der Waals surface area contributed by atoms with Crippen LogP contribution in [0.15, 0.2) is 99.9 Å². The van der Waals surface area contributed by atoms with Crippen LogP contribution in [0.25, 0.3) is 6.08 Å². The van der Waals surface area contributed by atoms with E-state index >= 15 is 0 Å². The fraction of sp³-hybridized carbons (Fsp3) is 0.138. The Bertz CT molecular complexity index is 1670. The van der Waals surface area contributed by atoms with Gasteiger partial charge in [0.15, 0.2) is 16.3 Å². The summed E-state index contributed by atoms with van der Waals surface area (Å²) >= 11 is 1.29. The molecule has 1 aliphatic heterocycles. The van der Waals surface area contributed by atoms with Crippen LogP contribution in [0.5, 0.6) is 11.5 Å². The number of methoxy groups -OCH3 is 2. The van der Waals surface area contributed by atoms with Crippen LogP contribution in [-0.2, 0) is 4.79 Å². The van der Waals surface area contributed by atoms with Gasteiger partial charge in [-0.05, 0) is 48.4 Å². The van der Waals surface area contributed by atoms with Crippen molar-refractivity contribution >= 4 is 29.0 Å². The number of para-hydroxylation sites is 1. The SMILES string of the molecule is COc1ccc(/C=c2/sc3n(c2=O)[C@H](c2ccccc2)C(C(=O)Nc2ccccc2)=C(C)N=3)cc1OC. The molecule has 5 rings (SSSR count). The quantitative estimate of drug-likeness (QED) is 0.426. The summed E-state index contributed by atoms with van der Waals surface area (Å²) in [5.41, 5.74) is 3.07. The number of nitrogens with one attached hydrogen (secondary N) is 1. The fourth-order valence-electron chi connectivity index (χ4n) is 4.38. The lowest BCUT2D eigenvalue weighted by Crippen LogP contribution is -2.40. The van der Waals surface area contributed by atoms with E-state index in [9.17, 15) is 9.59 Å². The third-order valence-electron chi connectivity index (χ3n) is 6.12. The zero-order valence-corrected chi connectivity index (χ0v) is 21.4. The first-order valence-electron chi connectivity index (χ1n) is 11.7. The number of aromatic nitrogens is 1. The Labute approximate surface area is 217 Å². The summed E-state index contributed by atoms with van der Waals surface area (Å²) in [4.78, 5) is 32.5. The van der Waals surface area contributed by atoms with Crippen LogP contribution in [0.3, 0.4) is 0 Å². The van der Waals surface area contributed by atoms with Crippen molar-refractivity contribution in [2.24, 2.45) is 4.99 Å². The summed E-state index contributed by atoms with van der Waals surface area (Å²) in [5, 5.41) is 2.96. The van der Waals surface area contributed by atoms with Gasteiger partial charge in [-0.15, -0.1) is 0 Å². The zero-order chi connectivity index (χ0) is 25.9. The fourth-order valence-corrected chi connectivity index (χ4v) is 5.42. The number of allylic oxidation sites excluding steroid dienone is 1. The van der Waals surface area contributed by atoms with E-state index in [-0.39, 0.29) is 11.5 Å². The molecule has 1 atom stereocenters. The summed E-state index contributed by atoms with van der Waals surface area (Å²) in [5.74, 6) is 0.882. The third kappa shape index (κ3) is 4.71. The Morgan fingerprint density at radius 2 is 1.65 bits per heavy atom. The van der Waals surface area contributed by atoms with Crippen molar-refractivity contribution < 1.29 is 14.3 Å². The Morgan fingerprint density at radius 1 is 0.973 bits per heavy atom. The van der Waals surface area contributed by atoms with Crippen LogP contribution in [0.2, 0.25) is 0 Å². The van der Waals surface area contributed by atoms with Gasteiger partial charge in [-0.3, -0.25) is 14.2 Å². The van der Waals surface area contributed by atoms with Gasteiger partial charge in [0.2, 0.25) is 0 Å². The minimum absolute atomic E-state index is 0.218. The molecule has 8 heteroatoms. The average Bonchev–Trinajstić information content (AvgIpc) is 3.22. The van der Waals surface area contributed by atoms with Gasteiger partial charge < -0.3 is 14.8 Å². The highest BCUT2D eigenvalue weighted by molar-refractivity contribution is 7.07. The lowest BCUT2D eigenvalue weighted by Gasteiger charge is -2.25. The largest absolute Gasteiger partial charge is 0.493 e. The Kier molecular flexibility index (Phi) is 6.74. The van der Waals surface area contributed by atoms with Crippen molar-refractivity contribution in [1.29, 1.82) is 0 Å². The maximum atomic E-state index is 13.8. The van der Waals surface area contributed by atoms with E-state index in [0.29, 0.717) is 37.8 Å². The molecule has 0 spiro atoms. The maximum Gasteiger partial charge on any atom is 0.271 e. The predicted molar refractivity (Wildman–Crippen MR) is 145 cm³/mol. The topological polar surface area (TPSA) is 81.9 Å². The molecule has 0 bridgehead atoms. The molecule has 0 unspecified atom stereocenters. The Balaban J connectivity index is 1.65. The molecular formula is C29H25N3O4S. The Morgan fingerprint density at radius 3 is 2.32 bits per heavy atom. The van der Waals surface area contributed by atoms with E-state index in [2.05, 4.69) is 10.3 Å². The zero-order valence-electron chi connectivity index (χ0n) is 20.6. The van der Waals surface area contributed by atoms with Gasteiger partial charge in [0.05, 0.1) is 36.1 Å². The highest BCUT2D eigenvalue weighted by atomic mass is 32.1. The second-order valence-corrected chi connectivity index (χ2v) is 9.44. The number of carbonyl (C=O) groups excluding carboxylic acids is 1. The number of carbonyl (C=O) groups is 1. The molecule has 1 aromatic heterocycles. The molecule has 2 heterocycles. The summed E-state index contributed by atoms with van der Waals surface area (Å²) in [6.45, 7) is 1.81. The van der Waals surface area contributed by atoms with Crippen molar-refractivity contribution in [1.82, 2.24) is 4.57 Å². The van der Waals surface area contributed by atoms with Gasteiger partial charge in [-0.1, -0.05) is 65.9 Å². The lowest BCUT2D eigenvalue weighted by molar-refractivity contribution is -0.113. The average molecular weight is 512 g/mol. The number of hydrogen-bond acceptors (Lipinski definition) is 6. The highest BCUT2D eigenvalue weighted by Crippen LogP contribution is 2.31. The van der Waals surface area contributed by atoms with Crippen LogP contribution in [-0.4, -0.2) is 24.7 Å². The minimum Gasteiger partial charge on any atom is -0.493 e. The van der Waals surface area contributed by atoms with E-state index < -0.39 is 6.04 Å². The highest BCUT2D eigenvalue weighted by Gasteiger charge is 2.32. The molecule has 1 amide bonds. The van der Waals surface area contributed by atoms with Gasteiger partial charge in [0, 0.05) is 5.69 Å². The maximum absolute atomic E-state index is 13.8. The van der Waals surface area contributed by atoms with Crippen molar-refractivity contribution in [2.45, 2.75) is 13.0 Å². The number of ether oxygens (including phenoxy) is 2. The van der Waals surface area contributed by atoms with Gasteiger partial charge in [-0.25, -0.2) is 4.99 Å². The first kappa shape index (κ1) is 24.3. The van der Waals surface area contributed by atoms with Crippen molar-refractivity contribution in [3.8, 4) is 11.5 Å². The molecule has 0 radical (unpaired) electrons. The van der Waals surface area contributed by atoms with Crippen LogP contribution < -0.4 is 29.7 Å². The van der Waals surface area contributed by atoms with Crippen LogP contribution in [0, 0.1) is 0 Å². The summed E-state index contributed by atoms with van der Waals surface area (Å²) in [7, 11) is 3.15. The molecule has 186 valence electrons. The molecule has 3 aromatic carbocycles. The molecule has 0 fully saturated rings. The lowest BCUT2D eigenvalue weighted by atomic mass is 9.95. The van der Waals surface area contributed by atoms with Gasteiger partial charge >= 0.3 is 0 Å². The van der Waals surface area contributed by atoms with E-state index in [1.165, 1.54) is 11.3 Å². The van der Waals surface area contributed by atoms with E-state index in [0.717, 1.165) is 11.1 Å². The van der Waals surface area contributed by atoms with Gasteiger partial charge in [-0.2, -0.15) is 0 Å². The molecule has 4 aromatic rings. The second-order valence-electron chi connectivity index (χ2n) is 8.43. The van der Waals surface area contributed by atoms with Crippen molar-refractivity contribution in [3.63, 3.8) is 0 Å². The number of thiazole rings is 1. The van der Waals surface area contributed by atoms with Crippen molar-refractivity contribution in [2.75, 3.05) is 19.5 Å². The number of amides is 1. The first-order valence-corrected chi connectivity index (χ1v) is 12.5. The standard InChI is InChI=1S/C29H25N3O4S/c1-18-25(27(33)31-21-12-8-5-9-13-21)26(20-10-6-4-7-11-20)32-28(34)24(37-29(32)30-18)17-19-14-15-22(35-2)23(16-19)36-3/h4-17,26H,1-3H3,(H,31,33)/b24-17+/t26-/m1/s1. The molecule has 0 aliphatic carbocycles. The molecule has 0 saturated heterocycles. The van der Waals surface area contributed by atoms with Gasteiger partial charge in [0.25, 0.3) is 11.5 Å². The van der Waals surface area contributed by atoms with Crippen LogP contribution in [0.1, 0.15) is 24.1 Å². The number of fused-ring (bicyclic) bond motifs is 1. The summed E-state index contributed by atoms with van der Waals surface area (Å²) in [6.07, 6.45) is 1.80. The minimum atomic E-state index is -0.617. The molecule has 1 aliphatic rings. The van der Waals surface area contributed by atoms with Crippen LogP contribution >= 0.6 is 11.3 Å². The van der Waals surface area contributed by atoms with Gasteiger partial charge in [0.1, 0.15) is 0 Å². The Hall–Kier alpha value is -4.43. The number of benzene rings is 3. The number of nitrogens with zero attached hydrogens (tertiary/aromatic N) is 2. The van der Waals surface area contributed by atoms with E-state index in [1.54, 1.807) is 37.9 Å². The predicted octanol–water partition coefficient (Wildman–Crippen LogP) is 3.89. The molecule has 0 saturated carbocycles. The molecule has 1 N–H and O–H groups in total. The third-order valence-corrected chi connectivity index (χ3v) is 7.10. The smallest absolute Gasteiger partial charge is 0.271 e. The first-order chi connectivity index (χ1) is 18.0. The molecule has 7 nitrogen and oxygen atoms in total. The van der Waals surface area contributed by atoms with Crippen LogP contribution in [0.4, 0.5) is 5.69 Å². The monoisotopic (exact) mass is 511 g/mol. The van der Waals surface area contributed by atoms with E-state index in [1.807, 2.05) is 72.8 Å². The molecular weight excluding hydrogens is 486 g/mol. The summed E-state index contributed by atoms with van der Waals surface area (Å²) in [6, 6.07) is 23.6.